The van der Waals surface area contributed by atoms with Gasteiger partial charge in [-0.1, -0.05) is 44.5 Å². The van der Waals surface area contributed by atoms with Crippen molar-refractivity contribution in [2.75, 3.05) is 0 Å². The molecule has 34 heavy (non-hydrogen) atoms. The number of aryl methyl sites for hydroxylation is 1. The smallest absolute Gasteiger partial charge is 0.339 e. The molecule has 2 rings (SSSR count). The van der Waals surface area contributed by atoms with Gasteiger partial charge < -0.3 is 14.4 Å². The van der Waals surface area contributed by atoms with Crippen LogP contribution in [0.4, 0.5) is 0 Å². The third kappa shape index (κ3) is 6.13. The van der Waals surface area contributed by atoms with Crippen LogP contribution in [0, 0.1) is 13.8 Å². The summed E-state index contributed by atoms with van der Waals surface area (Å²) in [6.07, 6.45) is 6.68. The highest BCUT2D eigenvalue weighted by molar-refractivity contribution is 5.96. The highest BCUT2D eigenvalue weighted by Gasteiger charge is 2.22. The maximum Gasteiger partial charge on any atom is 0.339 e. The molecule has 0 aliphatic rings. The fourth-order valence-electron chi connectivity index (χ4n) is 3.48. The van der Waals surface area contributed by atoms with E-state index >= 15 is 0 Å². The van der Waals surface area contributed by atoms with Gasteiger partial charge in [0.05, 0.1) is 11.1 Å². The third-order valence-electron chi connectivity index (χ3n) is 5.38. The van der Waals surface area contributed by atoms with E-state index in [0.717, 1.165) is 27.7 Å². The molecule has 0 unspecified atom stereocenters. The molecule has 0 saturated heterocycles. The van der Waals surface area contributed by atoms with Crippen molar-refractivity contribution in [1.82, 2.24) is 4.57 Å². The Balaban J connectivity index is 2.23. The highest BCUT2D eigenvalue weighted by atomic mass is 16.6. The van der Waals surface area contributed by atoms with Gasteiger partial charge in [-0.05, 0) is 81.2 Å². The number of aromatic nitrogens is 1. The Hall–Kier alpha value is -3.86. The number of hydrogen-bond acceptors (Lipinski definition) is 3. The van der Waals surface area contributed by atoms with Gasteiger partial charge >= 0.3 is 11.9 Å². The summed E-state index contributed by atoms with van der Waals surface area (Å²) in [6.45, 7) is 25.8. The van der Waals surface area contributed by atoms with Gasteiger partial charge in [0.15, 0.2) is 0 Å². The SMILES string of the molecule is C=C/C=C(\C(=C)C(=C)/C=C\C(=C)Cn1c(C)c(C)c2cc(C(=O)O)ccc21)C(=O)OC(C)(C)C. The maximum atomic E-state index is 12.6. The van der Waals surface area contributed by atoms with E-state index in [0.29, 0.717) is 23.3 Å². The second-order valence-electron chi connectivity index (χ2n) is 9.15. The largest absolute Gasteiger partial charge is 0.478 e. The number of carbonyl (C=O) groups excluding carboxylic acids is 1. The fourth-order valence-corrected chi connectivity index (χ4v) is 3.48. The number of carboxylic acid groups (broad SMARTS) is 1. The highest BCUT2D eigenvalue weighted by Crippen LogP contribution is 2.28. The van der Waals surface area contributed by atoms with E-state index in [2.05, 4.69) is 30.9 Å². The van der Waals surface area contributed by atoms with E-state index in [1.54, 1.807) is 45.1 Å². The number of ether oxygens (including phenoxy) is 1. The first-order valence-corrected chi connectivity index (χ1v) is 10.9. The number of carboxylic acids is 1. The summed E-state index contributed by atoms with van der Waals surface area (Å²) < 4.78 is 7.57. The summed E-state index contributed by atoms with van der Waals surface area (Å²) in [6, 6.07) is 5.13. The van der Waals surface area contributed by atoms with Crippen molar-refractivity contribution in [3.63, 3.8) is 0 Å². The van der Waals surface area contributed by atoms with Crippen molar-refractivity contribution in [2.45, 2.75) is 46.8 Å². The van der Waals surface area contributed by atoms with Crippen molar-refractivity contribution in [3.05, 3.63) is 108 Å². The van der Waals surface area contributed by atoms with E-state index in [9.17, 15) is 14.7 Å². The van der Waals surface area contributed by atoms with Crippen LogP contribution in [0.5, 0.6) is 0 Å². The lowest BCUT2D eigenvalue weighted by molar-refractivity contribution is -0.149. The van der Waals surface area contributed by atoms with E-state index in [4.69, 9.17) is 4.74 Å². The zero-order chi connectivity index (χ0) is 25.8. The van der Waals surface area contributed by atoms with Crippen LogP contribution in [0.2, 0.25) is 0 Å². The molecule has 0 aliphatic heterocycles. The summed E-state index contributed by atoms with van der Waals surface area (Å²) in [5.74, 6) is -1.44. The quantitative estimate of drug-likeness (QED) is 0.259. The molecule has 5 heteroatoms. The van der Waals surface area contributed by atoms with Gasteiger partial charge in [0.1, 0.15) is 5.60 Å². The molecule has 178 valence electrons. The van der Waals surface area contributed by atoms with Crippen LogP contribution in [0.1, 0.15) is 42.4 Å². The monoisotopic (exact) mass is 459 g/mol. The van der Waals surface area contributed by atoms with E-state index < -0.39 is 17.5 Å². The predicted molar refractivity (Wildman–Crippen MR) is 139 cm³/mol. The molecule has 0 aliphatic carbocycles. The summed E-state index contributed by atoms with van der Waals surface area (Å²) >= 11 is 0. The molecule has 5 nitrogen and oxygen atoms in total. The zero-order valence-corrected chi connectivity index (χ0v) is 20.7. The molecule has 1 heterocycles. The number of carbonyl (C=O) groups is 2. The molecule has 0 fully saturated rings. The maximum absolute atomic E-state index is 12.6. The average Bonchev–Trinajstić information content (AvgIpc) is 2.98. The number of hydrogen-bond donors (Lipinski definition) is 1. The molecule has 0 bridgehead atoms. The molecule has 1 N–H and O–H groups in total. The molecule has 1 aromatic carbocycles. The Morgan fingerprint density at radius 3 is 2.32 bits per heavy atom. The molecular formula is C29H33NO4. The Labute approximate surface area is 201 Å². The molecule has 0 spiro atoms. The predicted octanol–water partition coefficient (Wildman–Crippen LogP) is 6.64. The number of allylic oxidation sites excluding steroid dienone is 6. The van der Waals surface area contributed by atoms with Crippen LogP contribution < -0.4 is 0 Å². The van der Waals surface area contributed by atoms with Crippen LogP contribution in [0.25, 0.3) is 10.9 Å². The van der Waals surface area contributed by atoms with Crippen LogP contribution in [0.15, 0.2) is 91.1 Å². The number of nitrogens with zero attached hydrogens (tertiary/aromatic N) is 1. The Bertz CT molecular complexity index is 1260. The van der Waals surface area contributed by atoms with Crippen LogP contribution in [-0.4, -0.2) is 27.2 Å². The molecular weight excluding hydrogens is 426 g/mol. The van der Waals surface area contributed by atoms with Crippen LogP contribution in [0.3, 0.4) is 0 Å². The van der Waals surface area contributed by atoms with Gasteiger partial charge in [0.25, 0.3) is 0 Å². The Morgan fingerprint density at radius 1 is 1.12 bits per heavy atom. The standard InChI is InChI=1S/C29H33NO4/c1-10-11-24(28(33)34-29(7,8)9)20(4)19(3)13-12-18(2)17-30-22(6)21(5)25-16-23(27(31)32)14-15-26(25)30/h10-16H,1-4,17H2,5-9H3,(H,31,32)/b13-12-,24-11+. The first-order chi connectivity index (χ1) is 15.8. The lowest BCUT2D eigenvalue weighted by Crippen LogP contribution is -2.25. The van der Waals surface area contributed by atoms with Crippen molar-refractivity contribution >= 4 is 22.8 Å². The molecule has 0 amide bonds. The van der Waals surface area contributed by atoms with E-state index in [-0.39, 0.29) is 5.56 Å². The van der Waals surface area contributed by atoms with Gasteiger partial charge in [-0.25, -0.2) is 9.59 Å². The van der Waals surface area contributed by atoms with E-state index in [1.165, 1.54) is 6.08 Å². The molecule has 1 aromatic heterocycles. The first kappa shape index (κ1) is 26.4. The molecule has 0 radical (unpaired) electrons. The minimum absolute atomic E-state index is 0.259. The van der Waals surface area contributed by atoms with Gasteiger partial charge in [-0.3, -0.25) is 0 Å². The summed E-state index contributed by atoms with van der Waals surface area (Å²) in [5.41, 5.74) is 4.73. The Morgan fingerprint density at radius 2 is 1.76 bits per heavy atom. The second-order valence-corrected chi connectivity index (χ2v) is 9.15. The lowest BCUT2D eigenvalue weighted by atomic mass is 9.99. The topological polar surface area (TPSA) is 68.5 Å². The molecule has 2 aromatic rings. The van der Waals surface area contributed by atoms with Gasteiger partial charge in [-0.15, -0.1) is 0 Å². The number of aromatic carboxylic acids is 1. The van der Waals surface area contributed by atoms with Crippen molar-refractivity contribution in [1.29, 1.82) is 0 Å². The fraction of sp³-hybridized carbons (Fsp3) is 0.241. The normalized spacial score (nSPS) is 12.1. The van der Waals surface area contributed by atoms with Crippen molar-refractivity contribution < 1.29 is 19.4 Å². The zero-order valence-electron chi connectivity index (χ0n) is 20.7. The van der Waals surface area contributed by atoms with Crippen molar-refractivity contribution in [3.8, 4) is 0 Å². The van der Waals surface area contributed by atoms with Crippen LogP contribution in [-0.2, 0) is 16.1 Å². The number of esters is 1. The Kier molecular flexibility index (Phi) is 8.06. The van der Waals surface area contributed by atoms with E-state index in [1.807, 2.05) is 26.0 Å². The number of benzene rings is 1. The summed E-state index contributed by atoms with van der Waals surface area (Å²) in [5, 5.41) is 10.2. The number of rotatable bonds is 9. The van der Waals surface area contributed by atoms with Crippen LogP contribution >= 0.6 is 0 Å². The lowest BCUT2D eigenvalue weighted by Gasteiger charge is -2.21. The number of fused-ring (bicyclic) bond motifs is 1. The second kappa shape index (κ2) is 10.4. The summed E-state index contributed by atoms with van der Waals surface area (Å²) in [7, 11) is 0. The molecule has 0 saturated carbocycles. The third-order valence-corrected chi connectivity index (χ3v) is 5.38. The van der Waals surface area contributed by atoms with Crippen molar-refractivity contribution in [2.24, 2.45) is 0 Å². The minimum atomic E-state index is -0.950. The summed E-state index contributed by atoms with van der Waals surface area (Å²) in [4.78, 5) is 23.9. The minimum Gasteiger partial charge on any atom is -0.478 e. The van der Waals surface area contributed by atoms with Gasteiger partial charge in [0, 0.05) is 23.1 Å². The van der Waals surface area contributed by atoms with Gasteiger partial charge in [-0.2, -0.15) is 0 Å². The average molecular weight is 460 g/mol. The first-order valence-electron chi connectivity index (χ1n) is 10.9. The molecule has 0 atom stereocenters. The van der Waals surface area contributed by atoms with Gasteiger partial charge in [0.2, 0.25) is 0 Å².